The Balaban J connectivity index is 3.20. The SMILES string of the molecule is COC(=O)C1=C(N)SCC1(O)C(F)(F)F. The highest BCUT2D eigenvalue weighted by atomic mass is 32.2. The second-order valence-electron chi connectivity index (χ2n) is 2.88. The molecule has 0 amide bonds. The van der Waals surface area contributed by atoms with E-state index >= 15 is 0 Å². The first kappa shape index (κ1) is 12.2. The fraction of sp³-hybridized carbons (Fsp3) is 0.571. The first-order valence-corrected chi connectivity index (χ1v) is 4.73. The zero-order valence-corrected chi connectivity index (χ0v) is 8.41. The number of halogens is 3. The molecule has 0 aromatic carbocycles. The smallest absolute Gasteiger partial charge is 0.422 e. The van der Waals surface area contributed by atoms with Crippen molar-refractivity contribution in [3.63, 3.8) is 0 Å². The molecule has 0 saturated heterocycles. The quantitative estimate of drug-likeness (QED) is 0.651. The van der Waals surface area contributed by atoms with Crippen molar-refractivity contribution in [3.8, 4) is 0 Å². The van der Waals surface area contributed by atoms with E-state index < -0.39 is 29.1 Å². The second-order valence-corrected chi connectivity index (χ2v) is 3.89. The van der Waals surface area contributed by atoms with Crippen LogP contribution in [0.4, 0.5) is 13.2 Å². The van der Waals surface area contributed by atoms with Gasteiger partial charge in [-0.25, -0.2) is 4.79 Å². The molecule has 1 heterocycles. The van der Waals surface area contributed by atoms with Crippen LogP contribution in [0.1, 0.15) is 0 Å². The molecule has 0 fully saturated rings. The van der Waals surface area contributed by atoms with Crippen LogP contribution in [0.5, 0.6) is 0 Å². The summed E-state index contributed by atoms with van der Waals surface area (Å²) in [4.78, 5) is 11.1. The van der Waals surface area contributed by atoms with Crippen molar-refractivity contribution in [2.75, 3.05) is 12.9 Å². The van der Waals surface area contributed by atoms with Crippen LogP contribution in [0, 0.1) is 0 Å². The monoisotopic (exact) mass is 243 g/mol. The molecule has 1 aliphatic rings. The van der Waals surface area contributed by atoms with Gasteiger partial charge in [0.25, 0.3) is 0 Å². The van der Waals surface area contributed by atoms with Gasteiger partial charge < -0.3 is 15.6 Å². The Hall–Kier alpha value is -0.890. The van der Waals surface area contributed by atoms with Crippen LogP contribution >= 0.6 is 11.8 Å². The second kappa shape index (κ2) is 3.60. The Morgan fingerprint density at radius 2 is 2.20 bits per heavy atom. The molecule has 0 aromatic heterocycles. The lowest BCUT2D eigenvalue weighted by atomic mass is 9.96. The number of alkyl halides is 3. The minimum atomic E-state index is -4.95. The number of thioether (sulfide) groups is 1. The molecule has 1 aliphatic heterocycles. The van der Waals surface area contributed by atoms with Crippen LogP contribution < -0.4 is 5.73 Å². The summed E-state index contributed by atoms with van der Waals surface area (Å²) >= 11 is 0.569. The molecular formula is C7H8F3NO3S. The van der Waals surface area contributed by atoms with Crippen LogP contribution in [0.25, 0.3) is 0 Å². The van der Waals surface area contributed by atoms with E-state index in [9.17, 15) is 23.1 Å². The summed E-state index contributed by atoms with van der Waals surface area (Å²) in [6.45, 7) is 0. The molecule has 0 radical (unpaired) electrons. The zero-order chi connectivity index (χ0) is 11.9. The summed E-state index contributed by atoms with van der Waals surface area (Å²) in [5, 5.41) is 9.02. The third-order valence-corrected chi connectivity index (χ3v) is 3.03. The van der Waals surface area contributed by atoms with E-state index in [2.05, 4.69) is 4.74 Å². The van der Waals surface area contributed by atoms with E-state index in [0.717, 1.165) is 7.11 Å². The number of carbonyl (C=O) groups is 1. The van der Waals surface area contributed by atoms with Crippen molar-refractivity contribution >= 4 is 17.7 Å². The van der Waals surface area contributed by atoms with Gasteiger partial charge in [-0.2, -0.15) is 13.2 Å². The van der Waals surface area contributed by atoms with Crippen molar-refractivity contribution in [2.45, 2.75) is 11.8 Å². The topological polar surface area (TPSA) is 72.5 Å². The number of hydrogen-bond acceptors (Lipinski definition) is 5. The maximum atomic E-state index is 12.5. The average molecular weight is 243 g/mol. The number of esters is 1. The summed E-state index contributed by atoms with van der Waals surface area (Å²) in [6.07, 6.45) is -4.95. The lowest BCUT2D eigenvalue weighted by Gasteiger charge is -2.26. The number of rotatable bonds is 1. The molecule has 4 nitrogen and oxygen atoms in total. The van der Waals surface area contributed by atoms with Crippen LogP contribution in [-0.2, 0) is 9.53 Å². The number of nitrogens with two attached hydrogens (primary N) is 1. The molecule has 0 saturated carbocycles. The van der Waals surface area contributed by atoms with Crippen molar-refractivity contribution < 1.29 is 27.8 Å². The molecular weight excluding hydrogens is 235 g/mol. The molecule has 15 heavy (non-hydrogen) atoms. The Kier molecular flexibility index (Phi) is 2.92. The third kappa shape index (κ3) is 1.78. The molecule has 8 heteroatoms. The van der Waals surface area contributed by atoms with E-state index in [1.807, 2.05) is 0 Å². The highest BCUT2D eigenvalue weighted by molar-refractivity contribution is 8.03. The van der Waals surface area contributed by atoms with Crippen molar-refractivity contribution in [2.24, 2.45) is 5.73 Å². The van der Waals surface area contributed by atoms with Crippen LogP contribution in [-0.4, -0.2) is 35.7 Å². The summed E-state index contributed by atoms with van der Waals surface area (Å²) in [5.74, 6) is -2.00. The lowest BCUT2D eigenvalue weighted by Crippen LogP contribution is -2.49. The number of ether oxygens (including phenoxy) is 1. The molecule has 86 valence electrons. The summed E-state index contributed by atoms with van der Waals surface area (Å²) in [7, 11) is 0.919. The minimum Gasteiger partial charge on any atom is -0.465 e. The van der Waals surface area contributed by atoms with Gasteiger partial charge in [0.1, 0.15) is 5.57 Å². The number of methoxy groups -OCH3 is 1. The first-order valence-electron chi connectivity index (χ1n) is 3.74. The van der Waals surface area contributed by atoms with E-state index in [1.54, 1.807) is 0 Å². The number of hydrogen-bond donors (Lipinski definition) is 2. The highest BCUT2D eigenvalue weighted by Crippen LogP contribution is 2.46. The van der Waals surface area contributed by atoms with Gasteiger partial charge in [0.05, 0.1) is 12.1 Å². The van der Waals surface area contributed by atoms with Gasteiger partial charge in [0.15, 0.2) is 0 Å². The summed E-state index contributed by atoms with van der Waals surface area (Å²) in [5.41, 5.74) is 1.07. The van der Waals surface area contributed by atoms with Crippen LogP contribution in [0.2, 0.25) is 0 Å². The van der Waals surface area contributed by atoms with E-state index in [0.29, 0.717) is 11.8 Å². The minimum absolute atomic E-state index is 0.360. The highest BCUT2D eigenvalue weighted by Gasteiger charge is 2.62. The van der Waals surface area contributed by atoms with Crippen molar-refractivity contribution in [1.29, 1.82) is 0 Å². The fourth-order valence-electron chi connectivity index (χ4n) is 1.13. The van der Waals surface area contributed by atoms with Gasteiger partial charge in [-0.05, 0) is 0 Å². The fourth-order valence-corrected chi connectivity index (χ4v) is 2.19. The third-order valence-electron chi connectivity index (χ3n) is 1.96. The van der Waals surface area contributed by atoms with Crippen molar-refractivity contribution in [3.05, 3.63) is 10.6 Å². The molecule has 0 aliphatic carbocycles. The molecule has 1 unspecified atom stereocenters. The molecule has 0 bridgehead atoms. The van der Waals surface area contributed by atoms with Gasteiger partial charge in [-0.3, -0.25) is 0 Å². The zero-order valence-electron chi connectivity index (χ0n) is 7.59. The molecule has 3 N–H and O–H groups in total. The Morgan fingerprint density at radius 1 is 1.67 bits per heavy atom. The van der Waals surface area contributed by atoms with Gasteiger partial charge in [-0.15, -0.1) is 11.8 Å². The summed E-state index contributed by atoms with van der Waals surface area (Å²) < 4.78 is 41.7. The van der Waals surface area contributed by atoms with Gasteiger partial charge in [0, 0.05) is 5.75 Å². The molecule has 0 spiro atoms. The van der Waals surface area contributed by atoms with E-state index in [1.165, 1.54) is 0 Å². The summed E-state index contributed by atoms with van der Waals surface area (Å²) in [6, 6.07) is 0. The number of aliphatic hydroxyl groups is 1. The Bertz CT molecular complexity index is 328. The van der Waals surface area contributed by atoms with E-state index in [4.69, 9.17) is 5.73 Å². The normalized spacial score (nSPS) is 27.0. The lowest BCUT2D eigenvalue weighted by molar-refractivity contribution is -0.235. The van der Waals surface area contributed by atoms with Gasteiger partial charge in [0.2, 0.25) is 5.60 Å². The maximum absolute atomic E-state index is 12.5. The van der Waals surface area contributed by atoms with E-state index in [-0.39, 0.29) is 5.03 Å². The average Bonchev–Trinajstić information content (AvgIpc) is 2.42. The van der Waals surface area contributed by atoms with Crippen LogP contribution in [0.15, 0.2) is 10.6 Å². The molecule has 1 rings (SSSR count). The van der Waals surface area contributed by atoms with Crippen molar-refractivity contribution in [1.82, 2.24) is 0 Å². The largest absolute Gasteiger partial charge is 0.465 e. The Labute approximate surface area is 87.3 Å². The van der Waals surface area contributed by atoms with Crippen LogP contribution in [0.3, 0.4) is 0 Å². The van der Waals surface area contributed by atoms with Gasteiger partial charge in [-0.1, -0.05) is 0 Å². The number of carbonyl (C=O) groups excluding carboxylic acids is 1. The first-order chi connectivity index (χ1) is 6.74. The predicted molar refractivity (Wildman–Crippen MR) is 46.7 cm³/mol. The molecule has 0 aromatic rings. The van der Waals surface area contributed by atoms with Gasteiger partial charge >= 0.3 is 12.1 Å². The standard InChI is InChI=1S/C7H8F3NO3S/c1-14-5(12)3-4(11)15-2-6(3,13)7(8,9)10/h13H,2,11H2,1H3. The maximum Gasteiger partial charge on any atom is 0.422 e. The predicted octanol–water partition coefficient (Wildman–Crippen LogP) is 0.370. The Morgan fingerprint density at radius 3 is 2.60 bits per heavy atom. The molecule has 1 atom stereocenters.